The molecular formula is C35H37ClN2O4. The Hall–Kier alpha value is -4.29. The normalized spacial score (nSPS) is 11.4. The number of rotatable bonds is 14. The molecule has 218 valence electrons. The molecule has 42 heavy (non-hydrogen) atoms. The molecule has 4 aromatic rings. The zero-order valence-corrected chi connectivity index (χ0v) is 24.8. The maximum atomic E-state index is 13.9. The first-order valence-corrected chi connectivity index (χ1v) is 14.4. The number of nitrogens with one attached hydrogen (secondary N) is 1. The molecule has 0 spiro atoms. The molecule has 0 saturated carbocycles. The summed E-state index contributed by atoms with van der Waals surface area (Å²) in [7, 11) is 3.20. The van der Waals surface area contributed by atoms with Gasteiger partial charge in [-0.1, -0.05) is 90.5 Å². The van der Waals surface area contributed by atoms with Gasteiger partial charge in [-0.15, -0.1) is 0 Å². The Labute approximate surface area is 253 Å². The molecule has 0 heterocycles. The molecule has 0 aliphatic carbocycles. The Morgan fingerprint density at radius 3 is 2.00 bits per heavy atom. The van der Waals surface area contributed by atoms with E-state index in [2.05, 4.69) is 5.32 Å². The van der Waals surface area contributed by atoms with Gasteiger partial charge in [0.2, 0.25) is 11.8 Å². The predicted octanol–water partition coefficient (Wildman–Crippen LogP) is 6.29. The lowest BCUT2D eigenvalue weighted by atomic mass is 10.0. The van der Waals surface area contributed by atoms with Crippen molar-refractivity contribution in [1.29, 1.82) is 0 Å². The van der Waals surface area contributed by atoms with E-state index in [-0.39, 0.29) is 11.8 Å². The third-order valence-electron chi connectivity index (χ3n) is 7.17. The maximum absolute atomic E-state index is 13.9. The van der Waals surface area contributed by atoms with Gasteiger partial charge < -0.3 is 19.7 Å². The summed E-state index contributed by atoms with van der Waals surface area (Å²) in [6, 6.07) is 32.1. The minimum Gasteiger partial charge on any atom is -0.493 e. The zero-order chi connectivity index (χ0) is 29.7. The topological polar surface area (TPSA) is 67.9 Å². The number of nitrogens with zero attached hydrogens (tertiary/aromatic N) is 1. The number of ether oxygens (including phenoxy) is 2. The van der Waals surface area contributed by atoms with Crippen molar-refractivity contribution in [2.45, 2.75) is 38.3 Å². The third-order valence-corrected chi connectivity index (χ3v) is 7.42. The molecule has 0 fully saturated rings. The number of methoxy groups -OCH3 is 2. The molecule has 0 aliphatic rings. The van der Waals surface area contributed by atoms with Crippen LogP contribution in [0.1, 0.15) is 28.7 Å². The second-order valence-electron chi connectivity index (χ2n) is 10.1. The third kappa shape index (κ3) is 8.85. The van der Waals surface area contributed by atoms with Crippen LogP contribution in [0.5, 0.6) is 11.5 Å². The van der Waals surface area contributed by atoms with Gasteiger partial charge in [0.1, 0.15) is 6.04 Å². The van der Waals surface area contributed by atoms with Crippen molar-refractivity contribution in [3.63, 3.8) is 0 Å². The van der Waals surface area contributed by atoms with Crippen LogP contribution in [0.25, 0.3) is 0 Å². The lowest BCUT2D eigenvalue weighted by Crippen LogP contribution is -2.50. The molecule has 4 aromatic carbocycles. The average molecular weight is 585 g/mol. The first kappa shape index (κ1) is 30.7. The number of benzene rings is 4. The molecule has 1 N–H and O–H groups in total. The summed E-state index contributed by atoms with van der Waals surface area (Å²) in [6.45, 7) is 0.706. The van der Waals surface area contributed by atoms with Gasteiger partial charge in [-0.25, -0.2) is 0 Å². The predicted molar refractivity (Wildman–Crippen MR) is 167 cm³/mol. The smallest absolute Gasteiger partial charge is 0.243 e. The summed E-state index contributed by atoms with van der Waals surface area (Å²) >= 11 is 6.13. The van der Waals surface area contributed by atoms with Crippen LogP contribution in [0.4, 0.5) is 0 Å². The second kappa shape index (κ2) is 15.6. The minimum atomic E-state index is -0.697. The van der Waals surface area contributed by atoms with Crippen LogP contribution in [0, 0.1) is 0 Å². The summed E-state index contributed by atoms with van der Waals surface area (Å²) in [5.74, 6) is 1.02. The van der Waals surface area contributed by atoms with Gasteiger partial charge in [0.15, 0.2) is 11.5 Å². The van der Waals surface area contributed by atoms with Gasteiger partial charge in [-0.2, -0.15) is 0 Å². The Morgan fingerprint density at radius 2 is 1.36 bits per heavy atom. The van der Waals surface area contributed by atoms with E-state index in [4.69, 9.17) is 21.1 Å². The lowest BCUT2D eigenvalue weighted by Gasteiger charge is -2.32. The van der Waals surface area contributed by atoms with Crippen molar-refractivity contribution < 1.29 is 19.1 Å². The number of carbonyl (C=O) groups excluding carboxylic acids is 2. The van der Waals surface area contributed by atoms with E-state index in [9.17, 15) is 9.59 Å². The number of hydrogen-bond donors (Lipinski definition) is 1. The van der Waals surface area contributed by atoms with Crippen molar-refractivity contribution in [3.05, 3.63) is 130 Å². The maximum Gasteiger partial charge on any atom is 0.243 e. The van der Waals surface area contributed by atoms with Crippen LogP contribution in [0.3, 0.4) is 0 Å². The van der Waals surface area contributed by atoms with E-state index in [1.807, 2.05) is 91.0 Å². The molecule has 0 saturated heterocycles. The molecule has 7 heteroatoms. The van der Waals surface area contributed by atoms with Crippen LogP contribution in [-0.4, -0.2) is 43.5 Å². The van der Waals surface area contributed by atoms with Crippen molar-refractivity contribution in [1.82, 2.24) is 10.2 Å². The summed E-state index contributed by atoms with van der Waals surface area (Å²) < 4.78 is 10.8. The highest BCUT2D eigenvalue weighted by Gasteiger charge is 2.30. The van der Waals surface area contributed by atoms with E-state index in [1.165, 1.54) is 0 Å². The monoisotopic (exact) mass is 584 g/mol. The molecule has 0 aromatic heterocycles. The van der Waals surface area contributed by atoms with Crippen molar-refractivity contribution in [3.8, 4) is 11.5 Å². The van der Waals surface area contributed by atoms with Crippen molar-refractivity contribution in [2.75, 3.05) is 20.8 Å². The van der Waals surface area contributed by atoms with E-state index >= 15 is 0 Å². The Morgan fingerprint density at radius 1 is 0.738 bits per heavy atom. The molecule has 6 nitrogen and oxygen atoms in total. The summed E-state index contributed by atoms with van der Waals surface area (Å²) in [5.41, 5.74) is 3.97. The quantitative estimate of drug-likeness (QED) is 0.189. The Kier molecular flexibility index (Phi) is 11.4. The van der Waals surface area contributed by atoms with Gasteiger partial charge in [-0.3, -0.25) is 9.59 Å². The second-order valence-corrected chi connectivity index (χ2v) is 10.5. The Bertz CT molecular complexity index is 1430. The van der Waals surface area contributed by atoms with Crippen molar-refractivity contribution in [2.24, 2.45) is 0 Å². The number of hydrogen-bond acceptors (Lipinski definition) is 4. The van der Waals surface area contributed by atoms with Gasteiger partial charge in [0.25, 0.3) is 0 Å². The Balaban J connectivity index is 1.55. The van der Waals surface area contributed by atoms with E-state index < -0.39 is 6.04 Å². The summed E-state index contributed by atoms with van der Waals surface area (Å²) in [4.78, 5) is 29.4. The van der Waals surface area contributed by atoms with E-state index in [0.29, 0.717) is 55.3 Å². The molecule has 0 aliphatic heterocycles. The van der Waals surface area contributed by atoms with Gasteiger partial charge in [0.05, 0.1) is 14.2 Å². The SMILES string of the molecule is COc1ccc(CCNC(=O)[C@@H](Cc2ccccc2)N(Cc2ccc(Cl)cc2)C(=O)CCc2ccccc2)cc1OC. The minimum absolute atomic E-state index is 0.0789. The van der Waals surface area contributed by atoms with Gasteiger partial charge >= 0.3 is 0 Å². The zero-order valence-electron chi connectivity index (χ0n) is 24.1. The van der Waals surface area contributed by atoms with Crippen LogP contribution in [0.2, 0.25) is 5.02 Å². The number of carbonyl (C=O) groups is 2. The first-order chi connectivity index (χ1) is 20.5. The standard InChI is InChI=1S/C35H37ClN2O4/c1-41-32-19-15-28(24-33(32)42-2)21-22-37-35(40)31(23-27-11-7-4-8-12-27)38(25-29-13-17-30(36)18-14-29)34(39)20-16-26-9-5-3-6-10-26/h3-15,17-19,24,31H,16,20-23,25H2,1-2H3,(H,37,40)/t31-/m1/s1. The lowest BCUT2D eigenvalue weighted by molar-refractivity contribution is -0.141. The number of halogens is 1. The molecule has 0 bridgehead atoms. The van der Waals surface area contributed by atoms with E-state index in [0.717, 1.165) is 22.3 Å². The molecule has 4 rings (SSSR count). The van der Waals surface area contributed by atoms with Crippen LogP contribution in [-0.2, 0) is 35.4 Å². The van der Waals surface area contributed by atoms with E-state index in [1.54, 1.807) is 31.3 Å². The fourth-order valence-corrected chi connectivity index (χ4v) is 4.99. The number of aryl methyl sites for hydroxylation is 1. The molecule has 0 radical (unpaired) electrons. The molecular weight excluding hydrogens is 548 g/mol. The van der Waals surface area contributed by atoms with Crippen LogP contribution in [0.15, 0.2) is 103 Å². The fraction of sp³-hybridized carbons (Fsp3) is 0.257. The average Bonchev–Trinajstić information content (AvgIpc) is 3.03. The summed E-state index contributed by atoms with van der Waals surface area (Å²) in [6.07, 6.45) is 1.88. The van der Waals surface area contributed by atoms with Gasteiger partial charge in [0, 0.05) is 31.0 Å². The van der Waals surface area contributed by atoms with Gasteiger partial charge in [-0.05, 0) is 59.4 Å². The highest BCUT2D eigenvalue weighted by molar-refractivity contribution is 6.30. The largest absolute Gasteiger partial charge is 0.493 e. The first-order valence-electron chi connectivity index (χ1n) is 14.1. The highest BCUT2D eigenvalue weighted by Crippen LogP contribution is 2.27. The van der Waals surface area contributed by atoms with Crippen LogP contribution >= 0.6 is 11.6 Å². The number of amides is 2. The summed E-state index contributed by atoms with van der Waals surface area (Å²) in [5, 5.41) is 3.72. The van der Waals surface area contributed by atoms with Crippen LogP contribution < -0.4 is 14.8 Å². The molecule has 1 atom stereocenters. The fourth-order valence-electron chi connectivity index (χ4n) is 4.86. The molecule has 0 unspecified atom stereocenters. The van der Waals surface area contributed by atoms with Crippen molar-refractivity contribution >= 4 is 23.4 Å². The highest BCUT2D eigenvalue weighted by atomic mass is 35.5. The molecule has 2 amide bonds.